The van der Waals surface area contributed by atoms with E-state index in [0.29, 0.717) is 12.8 Å². The third kappa shape index (κ3) is 2.38. The Hall–Kier alpha value is -0.910. The Balaban J connectivity index is 2.34. The lowest BCUT2D eigenvalue weighted by Gasteiger charge is -2.29. The monoisotopic (exact) mass is 298 g/mol. The molecule has 1 N–H and O–H groups in total. The molecule has 1 aliphatic heterocycles. The fourth-order valence-corrected chi connectivity index (χ4v) is 4.37. The quantitative estimate of drug-likeness (QED) is 0.926. The van der Waals surface area contributed by atoms with E-state index in [1.54, 1.807) is 24.3 Å². The fraction of sp³-hybridized carbons (Fsp3) is 0.600. The van der Waals surface area contributed by atoms with Crippen molar-refractivity contribution in [2.75, 3.05) is 6.61 Å². The molecule has 112 valence electrons. The molecule has 20 heavy (non-hydrogen) atoms. The number of ether oxygens (including phenoxy) is 1. The van der Waals surface area contributed by atoms with Crippen LogP contribution in [0.4, 0.5) is 0 Å². The van der Waals surface area contributed by atoms with Gasteiger partial charge in [-0.3, -0.25) is 0 Å². The van der Waals surface area contributed by atoms with Crippen LogP contribution in [0.1, 0.15) is 32.3 Å². The number of sulfone groups is 1. The van der Waals surface area contributed by atoms with E-state index in [9.17, 15) is 13.5 Å². The van der Waals surface area contributed by atoms with Crippen molar-refractivity contribution in [1.29, 1.82) is 0 Å². The van der Waals surface area contributed by atoms with Gasteiger partial charge in [-0.05, 0) is 31.9 Å². The molecule has 1 fully saturated rings. The summed E-state index contributed by atoms with van der Waals surface area (Å²) in [6.07, 6.45) is 0.415. The van der Waals surface area contributed by atoms with Crippen molar-refractivity contribution in [1.82, 2.24) is 0 Å². The molecule has 0 saturated carbocycles. The maximum Gasteiger partial charge on any atom is 0.207 e. The molecule has 4 nitrogen and oxygen atoms in total. The molecule has 0 spiro atoms. The first-order valence-corrected chi connectivity index (χ1v) is 8.52. The lowest BCUT2D eigenvalue weighted by molar-refractivity contribution is 0.0530. The predicted molar refractivity (Wildman–Crippen MR) is 77.1 cm³/mol. The molecule has 0 unspecified atom stereocenters. The van der Waals surface area contributed by atoms with E-state index >= 15 is 0 Å². The average Bonchev–Trinajstić information content (AvgIpc) is 2.77. The van der Waals surface area contributed by atoms with Crippen molar-refractivity contribution in [2.45, 2.75) is 50.0 Å². The normalized spacial score (nSPS) is 25.8. The van der Waals surface area contributed by atoms with Gasteiger partial charge in [0.15, 0.2) is 5.44 Å². The molecule has 0 aromatic heterocycles. The highest BCUT2D eigenvalue weighted by Gasteiger charge is 2.52. The number of aliphatic hydroxyl groups excluding tert-OH is 1. The van der Waals surface area contributed by atoms with Gasteiger partial charge in [-0.15, -0.1) is 0 Å². The molecule has 2 rings (SSSR count). The van der Waals surface area contributed by atoms with Crippen molar-refractivity contribution in [3.05, 3.63) is 29.8 Å². The number of hydrogen-bond acceptors (Lipinski definition) is 4. The van der Waals surface area contributed by atoms with Gasteiger partial charge < -0.3 is 9.84 Å². The van der Waals surface area contributed by atoms with E-state index in [1.165, 1.54) is 0 Å². The Morgan fingerprint density at radius 3 is 2.25 bits per heavy atom. The molecule has 1 aliphatic rings. The molecule has 1 aromatic rings. The van der Waals surface area contributed by atoms with Gasteiger partial charge in [0, 0.05) is 5.41 Å². The Morgan fingerprint density at radius 2 is 1.80 bits per heavy atom. The lowest BCUT2D eigenvalue weighted by Crippen LogP contribution is -2.40. The maximum atomic E-state index is 12.6. The summed E-state index contributed by atoms with van der Waals surface area (Å²) in [7, 11) is -3.67. The zero-order valence-corrected chi connectivity index (χ0v) is 13.0. The van der Waals surface area contributed by atoms with Crippen LogP contribution in [0.25, 0.3) is 0 Å². The van der Waals surface area contributed by atoms with E-state index in [4.69, 9.17) is 4.74 Å². The number of hydrogen-bond donors (Lipinski definition) is 1. The zero-order valence-electron chi connectivity index (χ0n) is 12.2. The van der Waals surface area contributed by atoms with Crippen molar-refractivity contribution in [3.63, 3.8) is 0 Å². The molecule has 0 radical (unpaired) electrons. The van der Waals surface area contributed by atoms with Gasteiger partial charge in [0.05, 0.1) is 11.5 Å². The van der Waals surface area contributed by atoms with Gasteiger partial charge in [0.2, 0.25) is 9.84 Å². The zero-order chi connectivity index (χ0) is 15.0. The van der Waals surface area contributed by atoms with Crippen molar-refractivity contribution in [3.8, 4) is 0 Å². The Morgan fingerprint density at radius 1 is 1.25 bits per heavy atom. The summed E-state index contributed by atoms with van der Waals surface area (Å²) in [6.45, 7) is 6.10. The predicted octanol–water partition coefficient (Wildman–Crippen LogP) is 2.29. The smallest absolute Gasteiger partial charge is 0.207 e. The molecule has 1 saturated heterocycles. The van der Waals surface area contributed by atoms with Gasteiger partial charge in [-0.2, -0.15) is 0 Å². The summed E-state index contributed by atoms with van der Waals surface area (Å²) in [6, 6.07) is 6.64. The summed E-state index contributed by atoms with van der Waals surface area (Å²) < 4.78 is 30.7. The van der Waals surface area contributed by atoms with E-state index in [2.05, 4.69) is 0 Å². The molecule has 0 aliphatic carbocycles. The van der Waals surface area contributed by atoms with Gasteiger partial charge in [-0.25, -0.2) is 8.42 Å². The first-order chi connectivity index (χ1) is 9.37. The molecule has 0 amide bonds. The maximum absolute atomic E-state index is 12.6. The highest BCUT2D eigenvalue weighted by molar-refractivity contribution is 7.92. The first-order valence-electron chi connectivity index (χ1n) is 6.97. The van der Waals surface area contributed by atoms with E-state index in [-0.39, 0.29) is 11.5 Å². The Kier molecular flexibility index (Phi) is 4.23. The average molecular weight is 298 g/mol. The van der Waals surface area contributed by atoms with Crippen LogP contribution in [-0.4, -0.2) is 31.7 Å². The van der Waals surface area contributed by atoms with Crippen LogP contribution in [0.3, 0.4) is 0 Å². The van der Waals surface area contributed by atoms with Crippen molar-refractivity contribution in [2.24, 2.45) is 5.41 Å². The summed E-state index contributed by atoms with van der Waals surface area (Å²) in [4.78, 5) is 0.204. The third-order valence-electron chi connectivity index (χ3n) is 4.48. The fourth-order valence-electron chi connectivity index (χ4n) is 2.71. The molecule has 0 bridgehead atoms. The van der Waals surface area contributed by atoms with E-state index in [0.717, 1.165) is 5.56 Å². The molecule has 1 aromatic carbocycles. The van der Waals surface area contributed by atoms with Gasteiger partial charge in [0.1, 0.15) is 6.10 Å². The Labute approximate surface area is 120 Å². The largest absolute Gasteiger partial charge is 0.389 e. The molecule has 5 heteroatoms. The van der Waals surface area contributed by atoms with E-state index < -0.39 is 26.8 Å². The van der Waals surface area contributed by atoms with Crippen molar-refractivity contribution >= 4 is 9.84 Å². The van der Waals surface area contributed by atoms with Gasteiger partial charge in [0.25, 0.3) is 0 Å². The summed E-state index contributed by atoms with van der Waals surface area (Å²) in [5.41, 5.74) is -0.624. The second kappa shape index (κ2) is 5.47. The van der Waals surface area contributed by atoms with Crippen LogP contribution in [0, 0.1) is 12.3 Å². The number of aryl methyl sites for hydroxylation is 1. The minimum atomic E-state index is -3.67. The van der Waals surface area contributed by atoms with Crippen LogP contribution in [0.15, 0.2) is 29.2 Å². The Bertz CT molecular complexity index is 558. The number of benzene rings is 1. The number of aliphatic hydroxyl groups is 1. The van der Waals surface area contributed by atoms with Crippen LogP contribution >= 0.6 is 0 Å². The van der Waals surface area contributed by atoms with Crippen LogP contribution < -0.4 is 0 Å². The topological polar surface area (TPSA) is 63.6 Å². The summed E-state index contributed by atoms with van der Waals surface area (Å²) in [5, 5.41) is 10.4. The van der Waals surface area contributed by atoms with Gasteiger partial charge >= 0.3 is 0 Å². The highest BCUT2D eigenvalue weighted by Crippen LogP contribution is 2.42. The first kappa shape index (κ1) is 15.5. The molecular weight excluding hydrogens is 276 g/mol. The number of rotatable bonds is 4. The van der Waals surface area contributed by atoms with Crippen LogP contribution in [-0.2, 0) is 14.6 Å². The highest BCUT2D eigenvalue weighted by atomic mass is 32.2. The van der Waals surface area contributed by atoms with Gasteiger partial charge in [-0.1, -0.05) is 31.5 Å². The SMILES string of the molecule is CCC1(CC)CO[C@@H](S(=O)(=O)c2ccc(C)cc2)[C@@H]1O. The molecule has 2 atom stereocenters. The standard InChI is InChI=1S/C15H22O4S/c1-4-15(5-2)10-19-14(13(15)16)20(17,18)12-8-6-11(3)7-9-12/h6-9,13-14,16H,4-5,10H2,1-3H3/t13-,14-/m0/s1. The van der Waals surface area contributed by atoms with E-state index in [1.807, 2.05) is 20.8 Å². The second-order valence-electron chi connectivity index (χ2n) is 5.55. The van der Waals surface area contributed by atoms with Crippen molar-refractivity contribution < 1.29 is 18.3 Å². The molecule has 1 heterocycles. The summed E-state index contributed by atoms with van der Waals surface area (Å²) >= 11 is 0. The molecular formula is C15H22O4S. The minimum absolute atomic E-state index is 0.204. The van der Waals surface area contributed by atoms with Crippen LogP contribution in [0.2, 0.25) is 0 Å². The third-order valence-corrected chi connectivity index (χ3v) is 6.42. The lowest BCUT2D eigenvalue weighted by atomic mass is 9.80. The minimum Gasteiger partial charge on any atom is -0.389 e. The second-order valence-corrected chi connectivity index (χ2v) is 7.58. The summed E-state index contributed by atoms with van der Waals surface area (Å²) in [5.74, 6) is 0. The van der Waals surface area contributed by atoms with Crippen LogP contribution in [0.5, 0.6) is 0 Å².